The number of alkyl halides is 2. The van der Waals surface area contributed by atoms with Crippen molar-refractivity contribution in [1.29, 1.82) is 0 Å². The van der Waals surface area contributed by atoms with E-state index in [1.54, 1.807) is 12.1 Å². The molecular formula is C12H15F2NO. The molecule has 0 unspecified atom stereocenters. The predicted molar refractivity (Wildman–Crippen MR) is 57.7 cm³/mol. The van der Waals surface area contributed by atoms with E-state index < -0.39 is 6.61 Å². The first-order valence-corrected chi connectivity index (χ1v) is 5.54. The Morgan fingerprint density at radius 2 is 2.06 bits per heavy atom. The van der Waals surface area contributed by atoms with Gasteiger partial charge in [-0.25, -0.2) is 0 Å². The van der Waals surface area contributed by atoms with Gasteiger partial charge < -0.3 is 10.1 Å². The maximum atomic E-state index is 12.2. The molecule has 0 amide bonds. The summed E-state index contributed by atoms with van der Waals surface area (Å²) in [6.45, 7) is -1.82. The molecule has 4 heteroatoms. The number of para-hydroxylation sites is 1. The molecule has 0 saturated carbocycles. The lowest BCUT2D eigenvalue weighted by Crippen LogP contribution is -2.27. The van der Waals surface area contributed by atoms with E-state index in [-0.39, 0.29) is 11.8 Å². The highest BCUT2D eigenvalue weighted by Gasteiger charge is 2.19. The van der Waals surface area contributed by atoms with Crippen LogP contribution in [0.5, 0.6) is 5.75 Å². The summed E-state index contributed by atoms with van der Waals surface area (Å²) >= 11 is 0. The zero-order valence-corrected chi connectivity index (χ0v) is 8.96. The average Bonchev–Trinajstić information content (AvgIpc) is 2.30. The highest BCUT2D eigenvalue weighted by Crippen LogP contribution is 2.31. The Labute approximate surface area is 93.6 Å². The summed E-state index contributed by atoms with van der Waals surface area (Å²) in [5.41, 5.74) is 0.836. The molecule has 0 aliphatic carbocycles. The molecule has 0 bridgehead atoms. The molecular weight excluding hydrogens is 212 g/mol. The van der Waals surface area contributed by atoms with Crippen LogP contribution in [0.4, 0.5) is 8.78 Å². The van der Waals surface area contributed by atoms with Gasteiger partial charge in [0.25, 0.3) is 0 Å². The average molecular weight is 227 g/mol. The molecule has 88 valence electrons. The van der Waals surface area contributed by atoms with E-state index in [0.29, 0.717) is 0 Å². The Morgan fingerprint density at radius 3 is 2.75 bits per heavy atom. The van der Waals surface area contributed by atoms with E-state index >= 15 is 0 Å². The molecule has 1 aliphatic heterocycles. The number of rotatable bonds is 3. The fraction of sp³-hybridized carbons (Fsp3) is 0.500. The van der Waals surface area contributed by atoms with Crippen molar-refractivity contribution in [2.24, 2.45) is 0 Å². The second-order valence-electron chi connectivity index (χ2n) is 3.92. The Bertz CT molecular complexity index is 338. The number of piperidine rings is 1. The largest absolute Gasteiger partial charge is 0.434 e. The molecule has 1 aromatic rings. The first kappa shape index (κ1) is 11.3. The minimum atomic E-state index is -2.76. The quantitative estimate of drug-likeness (QED) is 0.856. The third-order valence-electron chi connectivity index (χ3n) is 2.82. The first-order chi connectivity index (χ1) is 7.77. The van der Waals surface area contributed by atoms with Crippen LogP contribution in [0.2, 0.25) is 0 Å². The molecule has 0 radical (unpaired) electrons. The smallest absolute Gasteiger partial charge is 0.387 e. The maximum absolute atomic E-state index is 12.2. The summed E-state index contributed by atoms with van der Waals surface area (Å²) in [6.07, 6.45) is 3.25. The summed E-state index contributed by atoms with van der Waals surface area (Å²) in [4.78, 5) is 0. The van der Waals surface area contributed by atoms with Gasteiger partial charge in [0.1, 0.15) is 5.75 Å². The molecule has 1 aromatic carbocycles. The first-order valence-electron chi connectivity index (χ1n) is 5.54. The molecule has 1 heterocycles. The van der Waals surface area contributed by atoms with Gasteiger partial charge in [-0.3, -0.25) is 0 Å². The van der Waals surface area contributed by atoms with Gasteiger partial charge in [-0.15, -0.1) is 0 Å². The van der Waals surface area contributed by atoms with E-state index in [4.69, 9.17) is 0 Å². The number of hydrogen-bond acceptors (Lipinski definition) is 2. The number of hydrogen-bond donors (Lipinski definition) is 1. The van der Waals surface area contributed by atoms with Crippen LogP contribution in [0.15, 0.2) is 24.3 Å². The Balaban J connectivity index is 2.17. The van der Waals surface area contributed by atoms with Gasteiger partial charge in [0.2, 0.25) is 0 Å². The van der Waals surface area contributed by atoms with Crippen LogP contribution in [0, 0.1) is 0 Å². The standard InChI is InChI=1S/C12H15F2NO/c13-12(14)16-11-7-2-1-5-9(11)10-6-3-4-8-15-10/h1-2,5,7,10,12,15H,3-4,6,8H2/t10-/m0/s1. The van der Waals surface area contributed by atoms with Crippen LogP contribution in [0.3, 0.4) is 0 Å². The minimum Gasteiger partial charge on any atom is -0.434 e. The number of nitrogens with one attached hydrogen (secondary N) is 1. The van der Waals surface area contributed by atoms with Crippen LogP contribution >= 0.6 is 0 Å². The lowest BCUT2D eigenvalue weighted by Gasteiger charge is -2.25. The van der Waals surface area contributed by atoms with Crippen molar-refractivity contribution in [2.75, 3.05) is 6.54 Å². The second-order valence-corrected chi connectivity index (χ2v) is 3.92. The highest BCUT2D eigenvalue weighted by atomic mass is 19.3. The zero-order chi connectivity index (χ0) is 11.4. The second kappa shape index (κ2) is 5.25. The molecule has 0 spiro atoms. The van der Waals surface area contributed by atoms with Crippen molar-refractivity contribution in [1.82, 2.24) is 5.32 Å². The van der Waals surface area contributed by atoms with Gasteiger partial charge >= 0.3 is 6.61 Å². The fourth-order valence-corrected chi connectivity index (χ4v) is 2.09. The molecule has 1 atom stereocenters. The van der Waals surface area contributed by atoms with Crippen LogP contribution in [-0.4, -0.2) is 13.2 Å². The van der Waals surface area contributed by atoms with E-state index in [9.17, 15) is 8.78 Å². The molecule has 1 saturated heterocycles. The lowest BCUT2D eigenvalue weighted by molar-refractivity contribution is -0.0507. The van der Waals surface area contributed by atoms with Gasteiger partial charge in [-0.1, -0.05) is 24.6 Å². The van der Waals surface area contributed by atoms with E-state index in [1.807, 2.05) is 12.1 Å². The van der Waals surface area contributed by atoms with Crippen molar-refractivity contribution in [3.8, 4) is 5.75 Å². The fourth-order valence-electron chi connectivity index (χ4n) is 2.09. The Morgan fingerprint density at radius 1 is 1.25 bits per heavy atom. The Kier molecular flexibility index (Phi) is 3.72. The number of benzene rings is 1. The van der Waals surface area contributed by atoms with Gasteiger partial charge in [-0.05, 0) is 25.5 Å². The van der Waals surface area contributed by atoms with Crippen molar-refractivity contribution in [2.45, 2.75) is 31.9 Å². The van der Waals surface area contributed by atoms with Crippen molar-refractivity contribution in [3.05, 3.63) is 29.8 Å². The molecule has 1 aliphatic rings. The summed E-state index contributed by atoms with van der Waals surface area (Å²) in [5, 5.41) is 3.32. The summed E-state index contributed by atoms with van der Waals surface area (Å²) in [5.74, 6) is 0.289. The van der Waals surface area contributed by atoms with E-state index in [2.05, 4.69) is 10.1 Å². The zero-order valence-electron chi connectivity index (χ0n) is 8.96. The van der Waals surface area contributed by atoms with Crippen LogP contribution in [0.25, 0.3) is 0 Å². The summed E-state index contributed by atoms with van der Waals surface area (Å²) in [7, 11) is 0. The Hall–Kier alpha value is -1.16. The SMILES string of the molecule is FC(F)Oc1ccccc1[C@@H]1CCCCN1. The maximum Gasteiger partial charge on any atom is 0.387 e. The predicted octanol–water partition coefficient (Wildman–Crippen LogP) is 3.10. The van der Waals surface area contributed by atoms with Gasteiger partial charge in [0, 0.05) is 11.6 Å². The monoisotopic (exact) mass is 227 g/mol. The van der Waals surface area contributed by atoms with Crippen LogP contribution in [-0.2, 0) is 0 Å². The molecule has 1 fully saturated rings. The molecule has 0 aromatic heterocycles. The molecule has 16 heavy (non-hydrogen) atoms. The van der Waals surface area contributed by atoms with Crippen molar-refractivity contribution in [3.63, 3.8) is 0 Å². The normalized spacial score (nSPS) is 21.1. The highest BCUT2D eigenvalue weighted by molar-refractivity contribution is 5.36. The van der Waals surface area contributed by atoms with Crippen LogP contribution < -0.4 is 10.1 Å². The topological polar surface area (TPSA) is 21.3 Å². The minimum absolute atomic E-state index is 0.142. The van der Waals surface area contributed by atoms with Crippen molar-refractivity contribution >= 4 is 0 Å². The number of ether oxygens (including phenoxy) is 1. The third kappa shape index (κ3) is 2.70. The van der Waals surface area contributed by atoms with Crippen molar-refractivity contribution < 1.29 is 13.5 Å². The molecule has 1 N–H and O–H groups in total. The van der Waals surface area contributed by atoms with Crippen LogP contribution in [0.1, 0.15) is 30.9 Å². The number of halogens is 2. The lowest BCUT2D eigenvalue weighted by atomic mass is 9.97. The van der Waals surface area contributed by atoms with Gasteiger partial charge in [0.15, 0.2) is 0 Å². The van der Waals surface area contributed by atoms with Gasteiger partial charge in [0.05, 0.1) is 0 Å². The van der Waals surface area contributed by atoms with E-state index in [0.717, 1.165) is 31.4 Å². The summed E-state index contributed by atoms with van der Waals surface area (Å²) in [6, 6.07) is 7.15. The van der Waals surface area contributed by atoms with E-state index in [1.165, 1.54) is 0 Å². The molecule has 2 rings (SSSR count). The third-order valence-corrected chi connectivity index (χ3v) is 2.82. The van der Waals surface area contributed by atoms with Gasteiger partial charge in [-0.2, -0.15) is 8.78 Å². The molecule has 2 nitrogen and oxygen atoms in total. The summed E-state index contributed by atoms with van der Waals surface area (Å²) < 4.78 is 29.0.